The van der Waals surface area contributed by atoms with Crippen molar-refractivity contribution in [2.45, 2.75) is 31.9 Å². The van der Waals surface area contributed by atoms with Crippen LogP contribution in [0.15, 0.2) is 60.3 Å². The lowest BCUT2D eigenvalue weighted by molar-refractivity contribution is 0.243. The average Bonchev–Trinajstić information content (AvgIpc) is 2.62. The molecule has 0 aliphatic heterocycles. The van der Waals surface area contributed by atoms with Gasteiger partial charge in [0.25, 0.3) is 0 Å². The third-order valence-corrected chi connectivity index (χ3v) is 4.22. The number of nitrogens with zero attached hydrogens (tertiary/aromatic N) is 2. The minimum atomic E-state index is -0.808. The second-order valence-corrected chi connectivity index (χ2v) is 6.60. The maximum absolute atomic E-state index is 6.58. The fourth-order valence-electron chi connectivity index (χ4n) is 2.96. The summed E-state index contributed by atoms with van der Waals surface area (Å²) in [4.78, 5) is 8.80. The molecule has 6 nitrogen and oxygen atoms in total. The molecule has 6 heteroatoms. The SMILES string of the molecule is COC1=C(N)CC(N)(c2cc(-c3ccccc3OC(C)C)ncn2)C=C1. The molecule has 136 valence electrons. The summed E-state index contributed by atoms with van der Waals surface area (Å²) in [6.45, 7) is 3.98. The Balaban J connectivity index is 1.98. The van der Waals surface area contributed by atoms with Crippen LogP contribution in [0.2, 0.25) is 0 Å². The Bertz CT molecular complexity index is 860. The molecule has 3 rings (SSSR count). The molecule has 0 amide bonds. The molecule has 26 heavy (non-hydrogen) atoms. The van der Waals surface area contributed by atoms with E-state index in [4.69, 9.17) is 20.9 Å². The van der Waals surface area contributed by atoms with Gasteiger partial charge < -0.3 is 20.9 Å². The van der Waals surface area contributed by atoms with Gasteiger partial charge in [-0.1, -0.05) is 18.2 Å². The van der Waals surface area contributed by atoms with Gasteiger partial charge in [0.2, 0.25) is 0 Å². The van der Waals surface area contributed by atoms with E-state index in [-0.39, 0.29) is 6.10 Å². The van der Waals surface area contributed by atoms with Gasteiger partial charge in [-0.05, 0) is 38.1 Å². The van der Waals surface area contributed by atoms with E-state index in [0.29, 0.717) is 23.6 Å². The van der Waals surface area contributed by atoms with Crippen LogP contribution in [0.3, 0.4) is 0 Å². The number of ether oxygens (including phenoxy) is 2. The van der Waals surface area contributed by atoms with Crippen molar-refractivity contribution in [2.24, 2.45) is 11.5 Å². The molecule has 1 heterocycles. The van der Waals surface area contributed by atoms with Crippen molar-refractivity contribution in [3.63, 3.8) is 0 Å². The van der Waals surface area contributed by atoms with Crippen molar-refractivity contribution >= 4 is 0 Å². The van der Waals surface area contributed by atoms with Gasteiger partial charge in [-0.2, -0.15) is 0 Å². The maximum Gasteiger partial charge on any atom is 0.137 e. The van der Waals surface area contributed by atoms with Crippen LogP contribution in [0.1, 0.15) is 26.0 Å². The standard InChI is InChI=1S/C20H24N4O2/c1-13(2)26-17-7-5-4-6-14(17)16-10-19(24-12-23-16)20(22)9-8-18(25-3)15(21)11-20/h4-10,12-13H,11,21-22H2,1-3H3. The zero-order valence-electron chi connectivity index (χ0n) is 15.3. The second-order valence-electron chi connectivity index (χ2n) is 6.60. The van der Waals surface area contributed by atoms with Crippen molar-refractivity contribution in [2.75, 3.05) is 7.11 Å². The monoisotopic (exact) mass is 352 g/mol. The van der Waals surface area contributed by atoms with E-state index in [9.17, 15) is 0 Å². The zero-order chi connectivity index (χ0) is 18.7. The van der Waals surface area contributed by atoms with Crippen molar-refractivity contribution in [3.05, 3.63) is 66.0 Å². The largest absolute Gasteiger partial charge is 0.495 e. The van der Waals surface area contributed by atoms with Crippen LogP contribution in [0, 0.1) is 0 Å². The quantitative estimate of drug-likeness (QED) is 0.859. The first-order valence-electron chi connectivity index (χ1n) is 8.52. The lowest BCUT2D eigenvalue weighted by Crippen LogP contribution is -2.39. The van der Waals surface area contributed by atoms with Crippen molar-refractivity contribution in [1.82, 2.24) is 9.97 Å². The fraction of sp³-hybridized carbons (Fsp3) is 0.300. The number of aromatic nitrogens is 2. The van der Waals surface area contributed by atoms with Gasteiger partial charge >= 0.3 is 0 Å². The van der Waals surface area contributed by atoms with E-state index >= 15 is 0 Å². The molecule has 0 radical (unpaired) electrons. The number of rotatable bonds is 5. The van der Waals surface area contributed by atoms with E-state index in [0.717, 1.165) is 17.0 Å². The van der Waals surface area contributed by atoms with E-state index in [1.165, 1.54) is 6.33 Å². The Labute approximate surface area is 153 Å². The number of hydrogen-bond donors (Lipinski definition) is 2. The Kier molecular flexibility index (Phi) is 4.95. The summed E-state index contributed by atoms with van der Waals surface area (Å²) < 4.78 is 11.1. The van der Waals surface area contributed by atoms with Crippen LogP contribution < -0.4 is 16.2 Å². The Morgan fingerprint density at radius 3 is 2.65 bits per heavy atom. The second kappa shape index (κ2) is 7.17. The molecule has 0 bridgehead atoms. The van der Waals surface area contributed by atoms with Gasteiger partial charge in [0, 0.05) is 12.0 Å². The highest BCUT2D eigenvalue weighted by Gasteiger charge is 2.31. The van der Waals surface area contributed by atoms with Crippen molar-refractivity contribution < 1.29 is 9.47 Å². The summed E-state index contributed by atoms with van der Waals surface area (Å²) in [5.74, 6) is 1.41. The highest BCUT2D eigenvalue weighted by molar-refractivity contribution is 5.67. The summed E-state index contributed by atoms with van der Waals surface area (Å²) in [5.41, 5.74) is 14.8. The molecule has 0 saturated carbocycles. The lowest BCUT2D eigenvalue weighted by atomic mass is 9.86. The Hall–Kier alpha value is -2.86. The molecule has 1 atom stereocenters. The average molecular weight is 352 g/mol. The summed E-state index contributed by atoms with van der Waals surface area (Å²) in [6, 6.07) is 9.68. The minimum absolute atomic E-state index is 0.0667. The van der Waals surface area contributed by atoms with Gasteiger partial charge in [-0.25, -0.2) is 9.97 Å². The highest BCUT2D eigenvalue weighted by Crippen LogP contribution is 2.34. The maximum atomic E-state index is 6.58. The van der Waals surface area contributed by atoms with Crippen LogP contribution in [0.5, 0.6) is 5.75 Å². The summed E-state index contributed by atoms with van der Waals surface area (Å²) in [5, 5.41) is 0. The molecule has 1 aromatic heterocycles. The van der Waals surface area contributed by atoms with E-state index in [2.05, 4.69) is 9.97 Å². The number of hydrogen-bond acceptors (Lipinski definition) is 6. The molecule has 1 unspecified atom stereocenters. The molecular weight excluding hydrogens is 328 g/mol. The molecular formula is C20H24N4O2. The molecule has 0 saturated heterocycles. The minimum Gasteiger partial charge on any atom is -0.495 e. The predicted molar refractivity (Wildman–Crippen MR) is 101 cm³/mol. The number of methoxy groups -OCH3 is 1. The van der Waals surface area contributed by atoms with E-state index in [1.807, 2.05) is 50.3 Å². The van der Waals surface area contributed by atoms with Gasteiger partial charge in [-0.15, -0.1) is 0 Å². The van der Waals surface area contributed by atoms with Gasteiger partial charge in [-0.3, -0.25) is 0 Å². The van der Waals surface area contributed by atoms with Crippen LogP contribution in [-0.4, -0.2) is 23.2 Å². The van der Waals surface area contributed by atoms with Crippen LogP contribution >= 0.6 is 0 Å². The molecule has 4 N–H and O–H groups in total. The highest BCUT2D eigenvalue weighted by atomic mass is 16.5. The number of para-hydroxylation sites is 1. The first-order valence-corrected chi connectivity index (χ1v) is 8.52. The van der Waals surface area contributed by atoms with Crippen molar-refractivity contribution in [1.29, 1.82) is 0 Å². The third-order valence-electron chi connectivity index (χ3n) is 4.22. The first-order chi connectivity index (χ1) is 12.4. The third kappa shape index (κ3) is 3.55. The van der Waals surface area contributed by atoms with Gasteiger partial charge in [0.05, 0.1) is 35.8 Å². The lowest BCUT2D eigenvalue weighted by Gasteiger charge is -2.29. The Morgan fingerprint density at radius 2 is 1.96 bits per heavy atom. The predicted octanol–water partition coefficient (Wildman–Crippen LogP) is 2.86. The van der Waals surface area contributed by atoms with E-state index in [1.54, 1.807) is 13.2 Å². The van der Waals surface area contributed by atoms with Crippen LogP contribution in [0.25, 0.3) is 11.3 Å². The van der Waals surface area contributed by atoms with Crippen LogP contribution in [-0.2, 0) is 10.3 Å². The molecule has 2 aromatic rings. The number of allylic oxidation sites excluding steroid dienone is 1. The normalized spacial score (nSPS) is 19.7. The first kappa shape index (κ1) is 17.9. The molecule has 1 aliphatic rings. The smallest absolute Gasteiger partial charge is 0.137 e. The van der Waals surface area contributed by atoms with Gasteiger partial charge in [0.15, 0.2) is 0 Å². The fourth-order valence-corrected chi connectivity index (χ4v) is 2.96. The van der Waals surface area contributed by atoms with Gasteiger partial charge in [0.1, 0.15) is 17.8 Å². The van der Waals surface area contributed by atoms with Crippen molar-refractivity contribution in [3.8, 4) is 17.0 Å². The topological polar surface area (TPSA) is 96.3 Å². The Morgan fingerprint density at radius 1 is 1.19 bits per heavy atom. The molecule has 0 spiro atoms. The van der Waals surface area contributed by atoms with Crippen LogP contribution in [0.4, 0.5) is 0 Å². The van der Waals surface area contributed by atoms with E-state index < -0.39 is 5.54 Å². The zero-order valence-corrected chi connectivity index (χ0v) is 15.3. The molecule has 0 fully saturated rings. The number of benzene rings is 1. The summed E-state index contributed by atoms with van der Waals surface area (Å²) in [6.07, 6.45) is 5.66. The molecule has 1 aliphatic carbocycles. The number of nitrogens with two attached hydrogens (primary N) is 2. The summed E-state index contributed by atoms with van der Waals surface area (Å²) in [7, 11) is 1.59. The summed E-state index contributed by atoms with van der Waals surface area (Å²) >= 11 is 0. The molecule has 1 aromatic carbocycles.